The van der Waals surface area contributed by atoms with Crippen molar-refractivity contribution >= 4 is 62.3 Å². The van der Waals surface area contributed by atoms with Gasteiger partial charge >= 0.3 is 0 Å². The smallest absolute Gasteiger partial charge is 0.249 e. The SMILES string of the molecule is NC(=O)c1cccc2c1c1ccc(-c3c(Cl)cccc3Cl)cc1n2Cc1ccsc1. The number of carbonyl (C=O) groups is 1. The van der Waals surface area contributed by atoms with Crippen molar-refractivity contribution in [1.29, 1.82) is 0 Å². The van der Waals surface area contributed by atoms with Crippen LogP contribution in [0.25, 0.3) is 32.9 Å². The van der Waals surface area contributed by atoms with E-state index >= 15 is 0 Å². The number of carbonyl (C=O) groups excluding carboxylic acids is 1. The maximum Gasteiger partial charge on any atom is 0.249 e. The molecule has 6 heteroatoms. The lowest BCUT2D eigenvalue weighted by Crippen LogP contribution is -2.11. The van der Waals surface area contributed by atoms with Gasteiger partial charge in [0.1, 0.15) is 0 Å². The normalized spacial score (nSPS) is 11.4. The van der Waals surface area contributed by atoms with Crippen LogP contribution in [0.3, 0.4) is 0 Å². The highest BCUT2D eigenvalue weighted by molar-refractivity contribution is 7.07. The zero-order valence-corrected chi connectivity index (χ0v) is 18.1. The number of halogens is 2. The van der Waals surface area contributed by atoms with Crippen molar-refractivity contribution in [3.05, 3.63) is 92.6 Å². The van der Waals surface area contributed by atoms with E-state index in [0.717, 1.165) is 32.9 Å². The van der Waals surface area contributed by atoms with Crippen LogP contribution in [0.2, 0.25) is 10.0 Å². The minimum absolute atomic E-state index is 0.437. The molecule has 0 radical (unpaired) electrons. The Morgan fingerprint density at radius 3 is 2.43 bits per heavy atom. The largest absolute Gasteiger partial charge is 0.366 e. The van der Waals surface area contributed by atoms with Gasteiger partial charge in [-0.05, 0) is 58.3 Å². The fourth-order valence-electron chi connectivity index (χ4n) is 4.01. The molecule has 0 spiro atoms. The monoisotopic (exact) mass is 450 g/mol. The summed E-state index contributed by atoms with van der Waals surface area (Å²) in [6.07, 6.45) is 0. The van der Waals surface area contributed by atoms with Gasteiger partial charge in [-0.25, -0.2) is 0 Å². The zero-order chi connectivity index (χ0) is 20.8. The second-order valence-electron chi connectivity index (χ2n) is 7.11. The summed E-state index contributed by atoms with van der Waals surface area (Å²) < 4.78 is 2.22. The third kappa shape index (κ3) is 3.08. The van der Waals surface area contributed by atoms with Gasteiger partial charge in [0.15, 0.2) is 0 Å². The molecule has 3 aromatic carbocycles. The molecule has 0 aliphatic heterocycles. The number of benzene rings is 3. The summed E-state index contributed by atoms with van der Waals surface area (Å²) in [5.74, 6) is -0.437. The molecular formula is C24H16Cl2N2OS. The van der Waals surface area contributed by atoms with Crippen LogP contribution in [0.4, 0.5) is 0 Å². The Balaban J connectivity index is 1.85. The first kappa shape index (κ1) is 19.2. The molecule has 0 aliphatic rings. The maximum atomic E-state index is 12.1. The van der Waals surface area contributed by atoms with Crippen LogP contribution in [0.15, 0.2) is 71.4 Å². The van der Waals surface area contributed by atoms with Crippen LogP contribution in [0.5, 0.6) is 0 Å². The average Bonchev–Trinajstić information content (AvgIpc) is 3.35. The number of nitrogens with zero attached hydrogens (tertiary/aromatic N) is 1. The first-order valence-electron chi connectivity index (χ1n) is 9.35. The molecular weight excluding hydrogens is 435 g/mol. The van der Waals surface area contributed by atoms with Crippen molar-refractivity contribution in [2.24, 2.45) is 5.73 Å². The number of primary amides is 1. The Morgan fingerprint density at radius 2 is 1.73 bits per heavy atom. The molecule has 0 atom stereocenters. The molecule has 5 aromatic rings. The highest BCUT2D eigenvalue weighted by Crippen LogP contribution is 2.39. The van der Waals surface area contributed by atoms with E-state index in [1.807, 2.05) is 42.5 Å². The second kappa shape index (κ2) is 7.47. The molecule has 30 heavy (non-hydrogen) atoms. The van der Waals surface area contributed by atoms with E-state index in [0.29, 0.717) is 22.2 Å². The quantitative estimate of drug-likeness (QED) is 0.315. The molecule has 0 aliphatic carbocycles. The van der Waals surface area contributed by atoms with E-state index < -0.39 is 5.91 Å². The highest BCUT2D eigenvalue weighted by Gasteiger charge is 2.18. The Kier molecular flexibility index (Phi) is 4.78. The summed E-state index contributed by atoms with van der Waals surface area (Å²) in [7, 11) is 0. The minimum Gasteiger partial charge on any atom is -0.366 e. The van der Waals surface area contributed by atoms with Crippen LogP contribution in [-0.2, 0) is 6.54 Å². The number of thiophene rings is 1. The Morgan fingerprint density at radius 1 is 0.967 bits per heavy atom. The van der Waals surface area contributed by atoms with Crippen molar-refractivity contribution in [1.82, 2.24) is 4.57 Å². The number of hydrogen-bond acceptors (Lipinski definition) is 2. The molecule has 2 aromatic heterocycles. The third-order valence-corrected chi connectivity index (χ3v) is 6.69. The van der Waals surface area contributed by atoms with Crippen LogP contribution in [-0.4, -0.2) is 10.5 Å². The van der Waals surface area contributed by atoms with Crippen LogP contribution >= 0.6 is 34.5 Å². The lowest BCUT2D eigenvalue weighted by Gasteiger charge is -2.10. The second-order valence-corrected chi connectivity index (χ2v) is 8.70. The molecule has 1 amide bonds. The molecule has 0 saturated carbocycles. The topological polar surface area (TPSA) is 48.0 Å². The summed E-state index contributed by atoms with van der Waals surface area (Å²) in [6, 6.07) is 19.4. The molecule has 3 nitrogen and oxygen atoms in total. The van der Waals surface area contributed by atoms with E-state index in [9.17, 15) is 4.79 Å². The van der Waals surface area contributed by atoms with Gasteiger partial charge in [0.2, 0.25) is 5.91 Å². The van der Waals surface area contributed by atoms with Crippen molar-refractivity contribution in [2.45, 2.75) is 6.54 Å². The average molecular weight is 451 g/mol. The number of nitrogens with two attached hydrogens (primary N) is 1. The number of fused-ring (bicyclic) bond motifs is 3. The molecule has 0 saturated heterocycles. The molecule has 0 unspecified atom stereocenters. The molecule has 2 heterocycles. The van der Waals surface area contributed by atoms with Crippen LogP contribution in [0, 0.1) is 0 Å². The zero-order valence-electron chi connectivity index (χ0n) is 15.7. The number of aromatic nitrogens is 1. The molecule has 2 N–H and O–H groups in total. The van der Waals surface area contributed by atoms with Crippen molar-refractivity contribution in [2.75, 3.05) is 0 Å². The standard InChI is InChI=1S/C24H16Cl2N2OS/c25-18-4-2-5-19(26)22(18)15-7-8-16-21(11-15)28(12-14-9-10-30-13-14)20-6-1-3-17(23(16)20)24(27)29/h1-11,13H,12H2,(H2,27,29). The van der Waals surface area contributed by atoms with E-state index in [1.165, 1.54) is 5.56 Å². The lowest BCUT2D eigenvalue weighted by molar-refractivity contribution is 0.100. The fourth-order valence-corrected chi connectivity index (χ4v) is 5.29. The van der Waals surface area contributed by atoms with Gasteiger partial charge < -0.3 is 10.3 Å². The predicted molar refractivity (Wildman–Crippen MR) is 127 cm³/mol. The lowest BCUT2D eigenvalue weighted by atomic mass is 10.0. The van der Waals surface area contributed by atoms with E-state index in [4.69, 9.17) is 28.9 Å². The van der Waals surface area contributed by atoms with Crippen molar-refractivity contribution in [3.63, 3.8) is 0 Å². The van der Waals surface area contributed by atoms with Gasteiger partial charge in [0.25, 0.3) is 0 Å². The fraction of sp³-hybridized carbons (Fsp3) is 0.0417. The van der Waals surface area contributed by atoms with Gasteiger partial charge in [-0.2, -0.15) is 11.3 Å². The summed E-state index contributed by atoms with van der Waals surface area (Å²) >= 11 is 14.6. The molecule has 5 rings (SSSR count). The van der Waals surface area contributed by atoms with E-state index in [2.05, 4.69) is 27.5 Å². The minimum atomic E-state index is -0.437. The van der Waals surface area contributed by atoms with Gasteiger partial charge in [-0.15, -0.1) is 0 Å². The summed E-state index contributed by atoms with van der Waals surface area (Å²) in [4.78, 5) is 12.1. The number of rotatable bonds is 4. The first-order chi connectivity index (χ1) is 14.5. The first-order valence-corrected chi connectivity index (χ1v) is 11.0. The van der Waals surface area contributed by atoms with Gasteiger partial charge in [-0.3, -0.25) is 4.79 Å². The van der Waals surface area contributed by atoms with Crippen LogP contribution < -0.4 is 5.73 Å². The van der Waals surface area contributed by atoms with E-state index in [-0.39, 0.29) is 0 Å². The Hall–Kier alpha value is -2.79. The molecule has 0 bridgehead atoms. The van der Waals surface area contributed by atoms with Gasteiger partial charge in [0, 0.05) is 38.5 Å². The van der Waals surface area contributed by atoms with Crippen LogP contribution in [0.1, 0.15) is 15.9 Å². The Bertz CT molecular complexity index is 1400. The van der Waals surface area contributed by atoms with Gasteiger partial charge in [-0.1, -0.05) is 47.5 Å². The van der Waals surface area contributed by atoms with Crippen molar-refractivity contribution < 1.29 is 4.79 Å². The molecule has 0 fully saturated rings. The summed E-state index contributed by atoms with van der Waals surface area (Å²) in [6.45, 7) is 0.686. The third-order valence-electron chi connectivity index (χ3n) is 5.33. The number of amides is 1. The maximum absolute atomic E-state index is 12.1. The Labute approximate surface area is 187 Å². The highest BCUT2D eigenvalue weighted by atomic mass is 35.5. The predicted octanol–water partition coefficient (Wildman–Crippen LogP) is 6.98. The summed E-state index contributed by atoms with van der Waals surface area (Å²) in [5, 5.41) is 7.23. The van der Waals surface area contributed by atoms with Gasteiger partial charge in [0.05, 0.1) is 11.0 Å². The van der Waals surface area contributed by atoms with Crippen molar-refractivity contribution in [3.8, 4) is 11.1 Å². The summed E-state index contributed by atoms with van der Waals surface area (Å²) in [5.41, 5.74) is 11.1. The van der Waals surface area contributed by atoms with E-state index in [1.54, 1.807) is 17.4 Å². The molecule has 148 valence electrons. The number of hydrogen-bond donors (Lipinski definition) is 1.